The Kier molecular flexibility index (Phi) is 7.49. The molecule has 0 spiro atoms. The van der Waals surface area contributed by atoms with Crippen molar-refractivity contribution in [3.8, 4) is 5.75 Å². The summed E-state index contributed by atoms with van der Waals surface area (Å²) in [6.07, 6.45) is 0.606. The second kappa shape index (κ2) is 9.52. The molecule has 4 atom stereocenters. The van der Waals surface area contributed by atoms with Crippen LogP contribution in [0.2, 0.25) is 0 Å². The van der Waals surface area contributed by atoms with Gasteiger partial charge in [0.25, 0.3) is 5.56 Å². The van der Waals surface area contributed by atoms with Gasteiger partial charge in [-0.05, 0) is 69.0 Å². The van der Waals surface area contributed by atoms with Gasteiger partial charge >= 0.3 is 0 Å². The van der Waals surface area contributed by atoms with Gasteiger partial charge in [-0.3, -0.25) is 4.79 Å². The van der Waals surface area contributed by atoms with Crippen molar-refractivity contribution >= 4 is 31.9 Å². The van der Waals surface area contributed by atoms with E-state index in [2.05, 4.69) is 37.9 Å². The molecule has 0 saturated carbocycles. The molecule has 0 aliphatic carbocycles. The number of benzene rings is 1. The van der Waals surface area contributed by atoms with Gasteiger partial charge < -0.3 is 31.7 Å². The monoisotopic (exact) mass is 546 g/mol. The maximum Gasteiger partial charge on any atom is 0.250 e. The van der Waals surface area contributed by atoms with Crippen LogP contribution in [0, 0.1) is 12.8 Å². The summed E-state index contributed by atoms with van der Waals surface area (Å²) >= 11 is 7.06. The lowest BCUT2D eigenvalue weighted by molar-refractivity contribution is -0.914. The third-order valence-corrected chi connectivity index (χ3v) is 6.94. The van der Waals surface area contributed by atoms with Crippen LogP contribution >= 0.6 is 31.9 Å². The fourth-order valence-electron chi connectivity index (χ4n) is 4.68. The fourth-order valence-corrected chi connectivity index (χ4v) is 6.33. The first kappa shape index (κ1) is 22.8. The van der Waals surface area contributed by atoms with E-state index in [-0.39, 0.29) is 24.6 Å². The Labute approximate surface area is 193 Å². The minimum atomic E-state index is -0.535. The number of ether oxygens (including phenoxy) is 1. The van der Waals surface area contributed by atoms with E-state index in [4.69, 9.17) is 4.74 Å². The van der Waals surface area contributed by atoms with Crippen molar-refractivity contribution in [2.45, 2.75) is 31.9 Å². The number of halogens is 3. The molecule has 1 aromatic heterocycles. The van der Waals surface area contributed by atoms with Gasteiger partial charge in [-0.2, -0.15) is 0 Å². The number of likely N-dealkylation sites (tertiary alicyclic amines) is 1. The Balaban J connectivity index is 0.00000240. The number of piperidine rings is 1. The molecule has 5 nitrogen and oxygen atoms in total. The van der Waals surface area contributed by atoms with E-state index in [0.29, 0.717) is 18.4 Å². The van der Waals surface area contributed by atoms with Crippen LogP contribution in [0.5, 0.6) is 5.75 Å². The Hall–Kier alpha value is -0.860. The standard InChI is InChI=1S/C21H24Br2N2O3.ClH/c1-13-5-17(22)21(18(23)6-13)28-12-16(26)11-24-8-14-7-15(10-24)19-3-2-4-20(27)25(19)9-14;/h2-6,14-16,26H,7-12H2,1H3;1H/t14-,15+,16?;/m0./s1. The van der Waals surface area contributed by atoms with E-state index >= 15 is 0 Å². The molecular weight excluding hydrogens is 524 g/mol. The number of aliphatic hydroxyl groups excluding tert-OH is 1. The maximum atomic E-state index is 12.1. The summed E-state index contributed by atoms with van der Waals surface area (Å²) in [5.41, 5.74) is 2.40. The summed E-state index contributed by atoms with van der Waals surface area (Å²) in [7, 11) is 0. The van der Waals surface area contributed by atoms with E-state index in [1.54, 1.807) is 6.07 Å². The molecule has 4 rings (SSSR count). The van der Waals surface area contributed by atoms with Crippen LogP contribution in [-0.4, -0.2) is 42.0 Å². The average Bonchev–Trinajstić information content (AvgIpc) is 2.61. The molecular formula is C21H25Br2ClN2O3. The number of hydrogen-bond donors (Lipinski definition) is 2. The Morgan fingerprint density at radius 1 is 1.28 bits per heavy atom. The van der Waals surface area contributed by atoms with Gasteiger partial charge in [0.05, 0.1) is 22.0 Å². The first-order chi connectivity index (χ1) is 13.4. The van der Waals surface area contributed by atoms with Gasteiger partial charge in [-0.1, -0.05) is 6.07 Å². The highest BCUT2D eigenvalue weighted by Gasteiger charge is 2.37. The maximum absolute atomic E-state index is 12.1. The SMILES string of the molecule is Cc1cc(Br)c(OCC(O)C[NH+]2C[C@@H]3C[C@H](C2)c2cccc(=O)n2C3)c(Br)c1.[Cl-]. The molecule has 29 heavy (non-hydrogen) atoms. The molecule has 2 N–H and O–H groups in total. The highest BCUT2D eigenvalue weighted by Crippen LogP contribution is 2.34. The number of hydrogen-bond acceptors (Lipinski definition) is 3. The minimum absolute atomic E-state index is 0. The smallest absolute Gasteiger partial charge is 0.250 e. The molecule has 2 aliphatic rings. The zero-order chi connectivity index (χ0) is 19.8. The number of quaternary nitrogens is 1. The van der Waals surface area contributed by atoms with Gasteiger partial charge in [0, 0.05) is 30.1 Å². The summed E-state index contributed by atoms with van der Waals surface area (Å²) in [4.78, 5) is 13.5. The van der Waals surface area contributed by atoms with Gasteiger partial charge in [0.2, 0.25) is 0 Å². The van der Waals surface area contributed by atoms with Crippen LogP contribution in [0.3, 0.4) is 0 Å². The fraction of sp³-hybridized carbons (Fsp3) is 0.476. The van der Waals surface area contributed by atoms with Gasteiger partial charge in [0.15, 0.2) is 0 Å². The number of aryl methyl sites for hydroxylation is 1. The van der Waals surface area contributed by atoms with Crippen LogP contribution in [0.4, 0.5) is 0 Å². The van der Waals surface area contributed by atoms with Crippen molar-refractivity contribution in [1.82, 2.24) is 4.57 Å². The zero-order valence-corrected chi connectivity index (χ0v) is 20.1. The Morgan fingerprint density at radius 3 is 2.72 bits per heavy atom. The molecule has 8 heteroatoms. The Bertz CT molecular complexity index is 913. The molecule has 1 fully saturated rings. The summed E-state index contributed by atoms with van der Waals surface area (Å²) < 4.78 is 9.60. The van der Waals surface area contributed by atoms with Crippen molar-refractivity contribution in [1.29, 1.82) is 0 Å². The van der Waals surface area contributed by atoms with Crippen LogP contribution in [0.25, 0.3) is 0 Å². The van der Waals surface area contributed by atoms with E-state index in [0.717, 1.165) is 52.0 Å². The number of rotatable bonds is 5. The van der Waals surface area contributed by atoms with Gasteiger partial charge in [-0.15, -0.1) is 0 Å². The number of aliphatic hydroxyl groups is 1. The first-order valence-electron chi connectivity index (χ1n) is 9.70. The minimum Gasteiger partial charge on any atom is -1.00 e. The second-order valence-electron chi connectivity index (χ2n) is 8.08. The van der Waals surface area contributed by atoms with Crippen LogP contribution in [-0.2, 0) is 6.54 Å². The van der Waals surface area contributed by atoms with E-state index in [1.807, 2.05) is 29.7 Å². The lowest BCUT2D eigenvalue weighted by Gasteiger charge is -2.40. The van der Waals surface area contributed by atoms with Crippen molar-refractivity contribution < 1.29 is 27.2 Å². The molecule has 1 aromatic carbocycles. The second-order valence-corrected chi connectivity index (χ2v) is 9.79. The summed E-state index contributed by atoms with van der Waals surface area (Å²) in [6.45, 7) is 5.68. The summed E-state index contributed by atoms with van der Waals surface area (Å²) in [6, 6.07) is 9.60. The number of pyridine rings is 1. The molecule has 2 unspecified atom stereocenters. The predicted molar refractivity (Wildman–Crippen MR) is 115 cm³/mol. The topological polar surface area (TPSA) is 55.9 Å². The Morgan fingerprint density at radius 2 is 2.00 bits per heavy atom. The number of nitrogens with zero attached hydrogens (tertiary/aromatic N) is 1. The zero-order valence-electron chi connectivity index (χ0n) is 16.2. The summed E-state index contributed by atoms with van der Waals surface area (Å²) in [5, 5.41) is 10.6. The number of aromatic nitrogens is 1. The van der Waals surface area contributed by atoms with Crippen LogP contribution < -0.4 is 27.6 Å². The highest BCUT2D eigenvalue weighted by atomic mass is 79.9. The average molecular weight is 549 g/mol. The third kappa shape index (κ3) is 5.07. The van der Waals surface area contributed by atoms with Gasteiger partial charge in [0.1, 0.15) is 25.0 Å². The van der Waals surface area contributed by atoms with E-state index < -0.39 is 6.10 Å². The summed E-state index contributed by atoms with van der Waals surface area (Å²) in [5.74, 6) is 1.61. The molecule has 2 bridgehead atoms. The molecule has 2 aromatic rings. The number of nitrogens with one attached hydrogen (secondary N) is 1. The molecule has 158 valence electrons. The van der Waals surface area contributed by atoms with E-state index in [1.165, 1.54) is 4.90 Å². The molecule has 3 heterocycles. The normalized spacial score (nSPS) is 23.7. The van der Waals surface area contributed by atoms with Crippen molar-refractivity contribution in [3.05, 3.63) is 60.9 Å². The first-order valence-corrected chi connectivity index (χ1v) is 11.3. The van der Waals surface area contributed by atoms with Gasteiger partial charge in [-0.25, -0.2) is 0 Å². The molecule has 2 aliphatic heterocycles. The van der Waals surface area contributed by atoms with Crippen LogP contribution in [0.15, 0.2) is 44.1 Å². The van der Waals surface area contributed by atoms with Crippen LogP contribution in [0.1, 0.15) is 23.6 Å². The molecule has 0 radical (unpaired) electrons. The quantitative estimate of drug-likeness (QED) is 0.511. The molecule has 1 saturated heterocycles. The molecule has 0 amide bonds. The lowest BCUT2D eigenvalue weighted by atomic mass is 9.83. The van der Waals surface area contributed by atoms with E-state index in [9.17, 15) is 9.90 Å². The van der Waals surface area contributed by atoms with Crippen molar-refractivity contribution in [3.63, 3.8) is 0 Å². The largest absolute Gasteiger partial charge is 1.00 e. The van der Waals surface area contributed by atoms with Crippen molar-refractivity contribution in [2.24, 2.45) is 5.92 Å². The highest BCUT2D eigenvalue weighted by molar-refractivity contribution is 9.11. The van der Waals surface area contributed by atoms with Crippen molar-refractivity contribution in [2.75, 3.05) is 26.2 Å². The number of fused-ring (bicyclic) bond motifs is 4. The third-order valence-electron chi connectivity index (χ3n) is 5.76. The lowest BCUT2D eigenvalue weighted by Crippen LogP contribution is -3.15. The predicted octanol–water partition coefficient (Wildman–Crippen LogP) is -0.872.